The predicted octanol–water partition coefficient (Wildman–Crippen LogP) is 2.05. The molecule has 3 N–H and O–H groups in total. The van der Waals surface area contributed by atoms with Crippen LogP contribution in [0.1, 0.15) is 29.8 Å². The normalized spacial score (nSPS) is 12.1. The lowest BCUT2D eigenvalue weighted by atomic mass is 10.2. The highest BCUT2D eigenvalue weighted by atomic mass is 32.2. The summed E-state index contributed by atoms with van der Waals surface area (Å²) in [6.45, 7) is 5.70. The molecule has 7 nitrogen and oxygen atoms in total. The second-order valence-corrected chi connectivity index (χ2v) is 7.77. The van der Waals surface area contributed by atoms with Gasteiger partial charge in [0.2, 0.25) is 5.91 Å². The fraction of sp³-hybridized carbons (Fsp3) is 0.263. The molecule has 8 heteroatoms. The Bertz CT molecular complexity index is 924. The second-order valence-electron chi connectivity index (χ2n) is 6.09. The summed E-state index contributed by atoms with van der Waals surface area (Å²) < 4.78 is 27.4. The Balaban J connectivity index is 2.14. The molecular weight excluding hydrogens is 366 g/mol. The summed E-state index contributed by atoms with van der Waals surface area (Å²) in [5, 5.41) is 5.20. The van der Waals surface area contributed by atoms with Crippen molar-refractivity contribution in [1.82, 2.24) is 10.6 Å². The number of sulfonamides is 1. The van der Waals surface area contributed by atoms with Crippen LogP contribution in [0.4, 0.5) is 5.69 Å². The number of benzene rings is 2. The number of carbonyl (C=O) groups excluding carboxylic acids is 2. The fourth-order valence-corrected chi connectivity index (χ4v) is 3.38. The molecule has 2 aromatic rings. The van der Waals surface area contributed by atoms with Gasteiger partial charge in [0.25, 0.3) is 15.9 Å². The van der Waals surface area contributed by atoms with Gasteiger partial charge in [-0.05, 0) is 51.1 Å². The Morgan fingerprint density at radius 3 is 2.37 bits per heavy atom. The van der Waals surface area contributed by atoms with Crippen LogP contribution in [0.25, 0.3) is 0 Å². The first kappa shape index (κ1) is 20.4. The minimum absolute atomic E-state index is 0.132. The molecule has 0 aromatic heterocycles. The molecule has 0 heterocycles. The summed E-state index contributed by atoms with van der Waals surface area (Å²) in [6, 6.07) is 11.8. The predicted molar refractivity (Wildman–Crippen MR) is 104 cm³/mol. The lowest BCUT2D eigenvalue weighted by Crippen LogP contribution is -2.44. The van der Waals surface area contributed by atoms with E-state index in [9.17, 15) is 18.0 Å². The van der Waals surface area contributed by atoms with E-state index in [1.54, 1.807) is 44.2 Å². The number of nitrogens with one attached hydrogen (secondary N) is 3. The lowest BCUT2D eigenvalue weighted by molar-refractivity contribution is -0.122. The first-order chi connectivity index (χ1) is 12.7. The van der Waals surface area contributed by atoms with Crippen LogP contribution in [0.5, 0.6) is 0 Å². The Labute approximate surface area is 159 Å². The zero-order valence-electron chi connectivity index (χ0n) is 15.4. The van der Waals surface area contributed by atoms with Crippen LogP contribution >= 0.6 is 0 Å². The Morgan fingerprint density at radius 2 is 1.74 bits per heavy atom. The molecule has 0 aliphatic heterocycles. The van der Waals surface area contributed by atoms with Gasteiger partial charge in [0, 0.05) is 17.8 Å². The molecule has 0 aliphatic carbocycles. The SMILES string of the molecule is CCNC(=O)[C@@H](C)NC(=O)c1cccc(NS(=O)(=O)c2ccc(C)cc2)c1. The van der Waals surface area contributed by atoms with Crippen molar-refractivity contribution in [2.45, 2.75) is 31.7 Å². The zero-order chi connectivity index (χ0) is 20.0. The van der Waals surface area contributed by atoms with Crippen molar-refractivity contribution in [2.75, 3.05) is 11.3 Å². The van der Waals surface area contributed by atoms with Crippen molar-refractivity contribution >= 4 is 27.5 Å². The Hall–Kier alpha value is -2.87. The van der Waals surface area contributed by atoms with Crippen molar-refractivity contribution in [1.29, 1.82) is 0 Å². The van der Waals surface area contributed by atoms with E-state index in [1.165, 1.54) is 18.2 Å². The first-order valence-corrected chi connectivity index (χ1v) is 9.99. The van der Waals surface area contributed by atoms with Crippen molar-refractivity contribution in [3.63, 3.8) is 0 Å². The van der Waals surface area contributed by atoms with E-state index in [0.717, 1.165) is 5.56 Å². The molecule has 0 saturated carbocycles. The number of rotatable bonds is 7. The molecule has 0 saturated heterocycles. The fourth-order valence-electron chi connectivity index (χ4n) is 2.33. The molecule has 0 aliphatic rings. The van der Waals surface area contributed by atoms with Gasteiger partial charge in [-0.2, -0.15) is 0 Å². The van der Waals surface area contributed by atoms with Gasteiger partial charge in [-0.15, -0.1) is 0 Å². The summed E-state index contributed by atoms with van der Waals surface area (Å²) in [5.74, 6) is -0.757. The third kappa shape index (κ3) is 5.55. The molecule has 0 spiro atoms. The van der Waals surface area contributed by atoms with Crippen LogP contribution < -0.4 is 15.4 Å². The summed E-state index contributed by atoms with van der Waals surface area (Å²) in [5.41, 5.74) is 1.46. The molecule has 1 atom stereocenters. The standard InChI is InChI=1S/C19H23N3O4S/c1-4-20-18(23)14(3)21-19(24)15-6-5-7-16(12-15)22-27(25,26)17-10-8-13(2)9-11-17/h5-12,14,22H,4H2,1-3H3,(H,20,23)(H,21,24)/t14-/m1/s1. The van der Waals surface area contributed by atoms with Gasteiger partial charge >= 0.3 is 0 Å². The van der Waals surface area contributed by atoms with Crippen LogP contribution in [0.15, 0.2) is 53.4 Å². The topological polar surface area (TPSA) is 104 Å². The Kier molecular flexibility index (Phi) is 6.57. The number of likely N-dealkylation sites (N-methyl/N-ethyl adjacent to an activating group) is 1. The van der Waals surface area contributed by atoms with E-state index in [0.29, 0.717) is 6.54 Å². The summed E-state index contributed by atoms with van der Waals surface area (Å²) in [6.07, 6.45) is 0. The summed E-state index contributed by atoms with van der Waals surface area (Å²) in [7, 11) is -3.76. The monoisotopic (exact) mass is 389 g/mol. The lowest BCUT2D eigenvalue weighted by Gasteiger charge is -2.14. The van der Waals surface area contributed by atoms with E-state index in [2.05, 4.69) is 15.4 Å². The van der Waals surface area contributed by atoms with Gasteiger partial charge in [-0.3, -0.25) is 14.3 Å². The number of hydrogen-bond donors (Lipinski definition) is 3. The molecule has 0 bridgehead atoms. The van der Waals surface area contributed by atoms with Gasteiger partial charge in [0.05, 0.1) is 4.90 Å². The van der Waals surface area contributed by atoms with E-state index in [-0.39, 0.29) is 22.1 Å². The van der Waals surface area contributed by atoms with Crippen LogP contribution in [-0.2, 0) is 14.8 Å². The van der Waals surface area contributed by atoms with Crippen LogP contribution in [0.2, 0.25) is 0 Å². The minimum atomic E-state index is -3.76. The van der Waals surface area contributed by atoms with Crippen LogP contribution in [-0.4, -0.2) is 32.8 Å². The second kappa shape index (κ2) is 8.68. The largest absolute Gasteiger partial charge is 0.355 e. The molecule has 27 heavy (non-hydrogen) atoms. The van der Waals surface area contributed by atoms with Crippen molar-refractivity contribution < 1.29 is 18.0 Å². The summed E-state index contributed by atoms with van der Waals surface area (Å²) >= 11 is 0. The third-order valence-corrected chi connectivity index (χ3v) is 5.20. The highest BCUT2D eigenvalue weighted by molar-refractivity contribution is 7.92. The molecule has 0 fully saturated rings. The summed E-state index contributed by atoms with van der Waals surface area (Å²) in [4.78, 5) is 24.2. The smallest absolute Gasteiger partial charge is 0.261 e. The molecule has 2 aromatic carbocycles. The average molecular weight is 389 g/mol. The molecule has 2 amide bonds. The highest BCUT2D eigenvalue weighted by Crippen LogP contribution is 2.18. The van der Waals surface area contributed by atoms with Gasteiger partial charge < -0.3 is 10.6 Å². The van der Waals surface area contributed by atoms with Crippen LogP contribution in [0, 0.1) is 6.92 Å². The minimum Gasteiger partial charge on any atom is -0.355 e. The maximum atomic E-state index is 12.5. The first-order valence-electron chi connectivity index (χ1n) is 8.51. The molecule has 2 rings (SSSR count). The third-order valence-electron chi connectivity index (χ3n) is 3.80. The van der Waals surface area contributed by atoms with Gasteiger partial charge in [-0.1, -0.05) is 23.8 Å². The maximum Gasteiger partial charge on any atom is 0.261 e. The quantitative estimate of drug-likeness (QED) is 0.674. The average Bonchev–Trinajstić information content (AvgIpc) is 2.62. The highest BCUT2D eigenvalue weighted by Gasteiger charge is 2.18. The molecular formula is C19H23N3O4S. The van der Waals surface area contributed by atoms with E-state index < -0.39 is 22.0 Å². The van der Waals surface area contributed by atoms with Crippen molar-refractivity contribution in [2.24, 2.45) is 0 Å². The van der Waals surface area contributed by atoms with Gasteiger partial charge in [-0.25, -0.2) is 8.42 Å². The van der Waals surface area contributed by atoms with Gasteiger partial charge in [0.1, 0.15) is 6.04 Å². The van der Waals surface area contributed by atoms with E-state index >= 15 is 0 Å². The Morgan fingerprint density at radius 1 is 1.07 bits per heavy atom. The van der Waals surface area contributed by atoms with E-state index in [1.807, 2.05) is 6.92 Å². The number of hydrogen-bond acceptors (Lipinski definition) is 4. The molecule has 0 unspecified atom stereocenters. The van der Waals surface area contributed by atoms with Crippen molar-refractivity contribution in [3.05, 3.63) is 59.7 Å². The number of anilines is 1. The molecule has 144 valence electrons. The maximum absolute atomic E-state index is 12.5. The number of carbonyl (C=O) groups is 2. The number of amides is 2. The van der Waals surface area contributed by atoms with Crippen LogP contribution in [0.3, 0.4) is 0 Å². The van der Waals surface area contributed by atoms with E-state index in [4.69, 9.17) is 0 Å². The number of aryl methyl sites for hydroxylation is 1. The van der Waals surface area contributed by atoms with Crippen molar-refractivity contribution in [3.8, 4) is 0 Å². The van der Waals surface area contributed by atoms with Gasteiger partial charge in [0.15, 0.2) is 0 Å². The molecule has 0 radical (unpaired) electrons. The zero-order valence-corrected chi connectivity index (χ0v) is 16.3.